The van der Waals surface area contributed by atoms with Crippen LogP contribution in [0, 0.1) is 5.92 Å². The number of halogens is 2. The van der Waals surface area contributed by atoms with Crippen molar-refractivity contribution in [2.24, 2.45) is 5.92 Å². The number of hydrogen-bond donors (Lipinski definition) is 1. The maximum Gasteiger partial charge on any atom is 0.0462 e. The zero-order chi connectivity index (χ0) is 13.0. The van der Waals surface area contributed by atoms with Gasteiger partial charge in [-0.2, -0.15) is 0 Å². The van der Waals surface area contributed by atoms with Crippen molar-refractivity contribution in [1.29, 1.82) is 0 Å². The van der Waals surface area contributed by atoms with Crippen molar-refractivity contribution in [3.05, 3.63) is 33.3 Å². The van der Waals surface area contributed by atoms with Crippen LogP contribution in [0.4, 0.5) is 0 Å². The number of nitrogens with zero attached hydrogens (tertiary/aromatic N) is 1. The van der Waals surface area contributed by atoms with E-state index in [0.29, 0.717) is 0 Å². The molecule has 1 fully saturated rings. The minimum Gasteiger partial charge on any atom is -0.312 e. The summed E-state index contributed by atoms with van der Waals surface area (Å²) in [6.45, 7) is 4.41. The topological polar surface area (TPSA) is 15.3 Å². The van der Waals surface area contributed by atoms with Crippen LogP contribution in [0.25, 0.3) is 0 Å². The number of likely N-dealkylation sites (tertiary alicyclic amines) is 1. The lowest BCUT2D eigenvalue weighted by molar-refractivity contribution is 0.216. The molecule has 0 radical (unpaired) electrons. The van der Waals surface area contributed by atoms with Gasteiger partial charge in [-0.3, -0.25) is 0 Å². The Morgan fingerprint density at radius 2 is 2.11 bits per heavy atom. The normalized spacial score (nSPS) is 18.2. The highest BCUT2D eigenvalue weighted by Crippen LogP contribution is 2.21. The van der Waals surface area contributed by atoms with Crippen molar-refractivity contribution in [3.63, 3.8) is 0 Å². The Hall–Kier alpha value is -0.0900. The van der Waals surface area contributed by atoms with Gasteiger partial charge in [0.05, 0.1) is 0 Å². The van der Waals surface area contributed by atoms with E-state index in [-0.39, 0.29) is 0 Å². The first-order chi connectivity index (χ1) is 8.65. The van der Waals surface area contributed by atoms with E-state index in [9.17, 15) is 0 Å². The van der Waals surface area contributed by atoms with Crippen LogP contribution in [0.15, 0.2) is 22.7 Å². The molecule has 1 aliphatic rings. The van der Waals surface area contributed by atoms with E-state index in [4.69, 9.17) is 11.6 Å². The van der Waals surface area contributed by atoms with Crippen molar-refractivity contribution in [2.75, 3.05) is 26.7 Å². The predicted octanol–water partition coefficient (Wildman–Crippen LogP) is 3.53. The summed E-state index contributed by atoms with van der Waals surface area (Å²) in [6.07, 6.45) is 2.61. The largest absolute Gasteiger partial charge is 0.312 e. The summed E-state index contributed by atoms with van der Waals surface area (Å²) in [4.78, 5) is 2.40. The van der Waals surface area contributed by atoms with Crippen LogP contribution in [0.5, 0.6) is 0 Å². The van der Waals surface area contributed by atoms with E-state index in [2.05, 4.69) is 39.3 Å². The van der Waals surface area contributed by atoms with Crippen LogP contribution >= 0.6 is 27.5 Å². The van der Waals surface area contributed by atoms with Crippen LogP contribution in [0.2, 0.25) is 5.02 Å². The number of nitrogens with one attached hydrogen (secondary N) is 1. The van der Waals surface area contributed by atoms with Crippen LogP contribution in [-0.4, -0.2) is 31.6 Å². The summed E-state index contributed by atoms with van der Waals surface area (Å²) in [5.41, 5.74) is 1.17. The van der Waals surface area contributed by atoms with Gasteiger partial charge in [0.2, 0.25) is 0 Å². The van der Waals surface area contributed by atoms with E-state index in [1.54, 1.807) is 0 Å². The monoisotopic (exact) mass is 330 g/mol. The second-order valence-corrected chi connectivity index (χ2v) is 6.44. The van der Waals surface area contributed by atoms with Gasteiger partial charge in [0, 0.05) is 16.0 Å². The number of piperidine rings is 1. The minimum absolute atomic E-state index is 0.815. The molecule has 1 saturated heterocycles. The lowest BCUT2D eigenvalue weighted by Gasteiger charge is -2.29. The van der Waals surface area contributed by atoms with Gasteiger partial charge in [0.1, 0.15) is 0 Å². The highest BCUT2D eigenvalue weighted by Gasteiger charge is 2.15. The lowest BCUT2D eigenvalue weighted by atomic mass is 9.97. The van der Waals surface area contributed by atoms with Gasteiger partial charge in [-0.25, -0.2) is 0 Å². The van der Waals surface area contributed by atoms with Crippen molar-refractivity contribution >= 4 is 27.5 Å². The van der Waals surface area contributed by atoms with Gasteiger partial charge in [0.25, 0.3) is 0 Å². The second kappa shape index (κ2) is 6.90. The fraction of sp³-hybridized carbons (Fsp3) is 0.571. The molecule has 1 N–H and O–H groups in total. The summed E-state index contributed by atoms with van der Waals surface area (Å²) in [5, 5.41) is 4.36. The maximum absolute atomic E-state index is 6.19. The highest BCUT2D eigenvalue weighted by molar-refractivity contribution is 9.10. The Kier molecular flexibility index (Phi) is 5.49. The maximum atomic E-state index is 6.19. The third-order valence-electron chi connectivity index (χ3n) is 3.60. The van der Waals surface area contributed by atoms with Gasteiger partial charge in [-0.05, 0) is 63.1 Å². The second-order valence-electron chi connectivity index (χ2n) is 5.11. The fourth-order valence-corrected chi connectivity index (χ4v) is 3.08. The van der Waals surface area contributed by atoms with Crippen molar-refractivity contribution < 1.29 is 0 Å². The molecule has 1 aliphatic heterocycles. The third kappa shape index (κ3) is 4.23. The Labute approximate surface area is 123 Å². The summed E-state index contributed by atoms with van der Waals surface area (Å²) in [7, 11) is 2.20. The molecule has 100 valence electrons. The third-order valence-corrected chi connectivity index (χ3v) is 4.45. The van der Waals surface area contributed by atoms with Crippen LogP contribution in [0.3, 0.4) is 0 Å². The smallest absolute Gasteiger partial charge is 0.0462 e. The highest BCUT2D eigenvalue weighted by atomic mass is 79.9. The molecule has 0 spiro atoms. The SMILES string of the molecule is CN1CCC(CNCc2ccc(Br)cc2Cl)CC1. The van der Waals surface area contributed by atoms with Crippen molar-refractivity contribution in [2.45, 2.75) is 19.4 Å². The molecule has 0 aromatic heterocycles. The number of rotatable bonds is 4. The Morgan fingerprint density at radius 3 is 2.78 bits per heavy atom. The van der Waals surface area contributed by atoms with E-state index in [1.807, 2.05) is 12.1 Å². The first-order valence-electron chi connectivity index (χ1n) is 6.48. The van der Waals surface area contributed by atoms with E-state index in [1.165, 1.54) is 31.5 Å². The van der Waals surface area contributed by atoms with Crippen LogP contribution < -0.4 is 5.32 Å². The summed E-state index contributed by atoms with van der Waals surface area (Å²) in [6, 6.07) is 6.07. The van der Waals surface area contributed by atoms with Crippen molar-refractivity contribution in [3.8, 4) is 0 Å². The zero-order valence-electron chi connectivity index (χ0n) is 10.8. The average molecular weight is 332 g/mol. The molecule has 0 saturated carbocycles. The Bertz CT molecular complexity index is 389. The van der Waals surface area contributed by atoms with Gasteiger partial charge < -0.3 is 10.2 Å². The molecular weight excluding hydrogens is 312 g/mol. The van der Waals surface area contributed by atoms with Crippen LogP contribution in [-0.2, 0) is 6.54 Å². The summed E-state index contributed by atoms with van der Waals surface area (Å²) >= 11 is 9.62. The molecule has 0 bridgehead atoms. The standard InChI is InChI=1S/C14H20BrClN2/c1-18-6-4-11(5-7-18)9-17-10-12-2-3-13(15)8-14(12)16/h2-3,8,11,17H,4-7,9-10H2,1H3. The molecule has 0 atom stereocenters. The molecule has 1 aromatic rings. The molecule has 0 aliphatic carbocycles. The molecule has 1 heterocycles. The molecule has 2 nitrogen and oxygen atoms in total. The van der Waals surface area contributed by atoms with Gasteiger partial charge >= 0.3 is 0 Å². The molecule has 0 amide bonds. The minimum atomic E-state index is 0.815. The van der Waals surface area contributed by atoms with Crippen molar-refractivity contribution in [1.82, 2.24) is 10.2 Å². The van der Waals surface area contributed by atoms with E-state index < -0.39 is 0 Å². The van der Waals surface area contributed by atoms with Gasteiger partial charge in [-0.15, -0.1) is 0 Å². The average Bonchev–Trinajstić information content (AvgIpc) is 2.34. The van der Waals surface area contributed by atoms with Crippen LogP contribution in [0.1, 0.15) is 18.4 Å². The van der Waals surface area contributed by atoms with Gasteiger partial charge in [0.15, 0.2) is 0 Å². The molecule has 0 unspecified atom stereocenters. The molecule has 18 heavy (non-hydrogen) atoms. The number of benzene rings is 1. The Balaban J connectivity index is 1.75. The quantitative estimate of drug-likeness (QED) is 0.908. The fourth-order valence-electron chi connectivity index (χ4n) is 2.34. The van der Waals surface area contributed by atoms with E-state index in [0.717, 1.165) is 28.5 Å². The summed E-state index contributed by atoms with van der Waals surface area (Å²) < 4.78 is 1.03. The first kappa shape index (κ1) is 14.3. The Morgan fingerprint density at radius 1 is 1.39 bits per heavy atom. The molecule has 1 aromatic carbocycles. The molecule has 2 rings (SSSR count). The van der Waals surface area contributed by atoms with E-state index >= 15 is 0 Å². The first-order valence-corrected chi connectivity index (χ1v) is 7.65. The summed E-state index contributed by atoms with van der Waals surface area (Å²) in [5.74, 6) is 0.815. The lowest BCUT2D eigenvalue weighted by Crippen LogP contribution is -2.34. The molecule has 4 heteroatoms. The zero-order valence-corrected chi connectivity index (χ0v) is 13.1. The molecular formula is C14H20BrClN2. The number of hydrogen-bond acceptors (Lipinski definition) is 2. The predicted molar refractivity (Wildman–Crippen MR) is 81.1 cm³/mol. The van der Waals surface area contributed by atoms with Gasteiger partial charge in [-0.1, -0.05) is 33.6 Å².